The van der Waals surface area contributed by atoms with Crippen molar-refractivity contribution in [1.29, 1.82) is 5.26 Å². The summed E-state index contributed by atoms with van der Waals surface area (Å²) in [5, 5.41) is 13.6. The first-order chi connectivity index (χ1) is 23.1. The molecule has 0 saturated heterocycles. The Balaban J connectivity index is 1.70. The zero-order valence-electron chi connectivity index (χ0n) is 25.9. The molecule has 5 heterocycles. The van der Waals surface area contributed by atoms with Crippen LogP contribution in [0.25, 0.3) is 72.5 Å². The topological polar surface area (TPSA) is 80.3 Å². The van der Waals surface area contributed by atoms with E-state index >= 15 is 0 Å². The summed E-state index contributed by atoms with van der Waals surface area (Å²) in [5.41, 5.74) is 11.4. The molecule has 0 aliphatic carbocycles. The maximum atomic E-state index is 11.3. The van der Waals surface area contributed by atoms with Gasteiger partial charge in [0.05, 0.1) is 45.1 Å². The van der Waals surface area contributed by atoms with Crippen molar-refractivity contribution in [1.82, 2.24) is 24.5 Å². The molecule has 0 atom stereocenters. The van der Waals surface area contributed by atoms with Gasteiger partial charge in [-0.3, -0.25) is 19.9 Å². The van der Waals surface area contributed by atoms with E-state index in [0.717, 1.165) is 66.7 Å². The van der Waals surface area contributed by atoms with Crippen molar-refractivity contribution in [2.75, 3.05) is 0 Å². The Morgan fingerprint density at radius 1 is 0.489 bits per heavy atom. The van der Waals surface area contributed by atoms with Gasteiger partial charge in [-0.1, -0.05) is 47.5 Å². The van der Waals surface area contributed by atoms with Crippen molar-refractivity contribution >= 4 is 21.8 Å². The fraction of sp³-hybridized carbons (Fsp3) is 0.0488. The highest BCUT2D eigenvalue weighted by Crippen LogP contribution is 2.50. The molecule has 0 amide bonds. The SMILES string of the molecule is Cc1ccc2c(c1)c1cc(C)ccc1n2-c1c(C#N)c(-c2ccccn2)c(-c2ccccn2)c(-c2ccccn2)c1-c1ccccn1. The van der Waals surface area contributed by atoms with Crippen LogP contribution in [-0.2, 0) is 0 Å². The minimum atomic E-state index is 0.477. The normalized spacial score (nSPS) is 11.2. The van der Waals surface area contributed by atoms with Crippen LogP contribution >= 0.6 is 0 Å². The molecule has 8 rings (SSSR count). The van der Waals surface area contributed by atoms with Crippen molar-refractivity contribution in [3.8, 4) is 56.8 Å². The van der Waals surface area contributed by atoms with Gasteiger partial charge in [0.2, 0.25) is 0 Å². The number of benzene rings is 3. The van der Waals surface area contributed by atoms with Gasteiger partial charge in [0.1, 0.15) is 6.07 Å². The molecule has 5 aromatic heterocycles. The predicted octanol–water partition coefficient (Wildman–Crippen LogP) is 9.52. The van der Waals surface area contributed by atoms with Crippen molar-refractivity contribution in [2.24, 2.45) is 0 Å². The molecule has 47 heavy (non-hydrogen) atoms. The zero-order chi connectivity index (χ0) is 31.9. The highest BCUT2D eigenvalue weighted by Gasteiger charge is 2.32. The molecule has 0 spiro atoms. The molecule has 222 valence electrons. The molecule has 0 aliphatic rings. The highest BCUT2D eigenvalue weighted by atomic mass is 15.0. The molecule has 0 aliphatic heterocycles. The largest absolute Gasteiger partial charge is 0.307 e. The number of hydrogen-bond acceptors (Lipinski definition) is 5. The minimum Gasteiger partial charge on any atom is -0.307 e. The summed E-state index contributed by atoms with van der Waals surface area (Å²) in [6.07, 6.45) is 7.12. The van der Waals surface area contributed by atoms with Crippen LogP contribution in [0, 0.1) is 25.2 Å². The Morgan fingerprint density at radius 2 is 0.894 bits per heavy atom. The van der Waals surface area contributed by atoms with E-state index in [1.807, 2.05) is 72.8 Å². The Morgan fingerprint density at radius 3 is 1.30 bits per heavy atom. The molecule has 6 heteroatoms. The molecule has 6 nitrogen and oxygen atoms in total. The number of nitrogens with zero attached hydrogens (tertiary/aromatic N) is 6. The van der Waals surface area contributed by atoms with Gasteiger partial charge in [0.25, 0.3) is 0 Å². The first-order valence-corrected chi connectivity index (χ1v) is 15.5. The summed E-state index contributed by atoms with van der Waals surface area (Å²) in [4.78, 5) is 19.5. The van der Waals surface area contributed by atoms with Crippen molar-refractivity contribution < 1.29 is 0 Å². The summed E-state index contributed by atoms with van der Waals surface area (Å²) in [7, 11) is 0. The molecular formula is C41H28N6. The molecule has 8 aromatic rings. The van der Waals surface area contributed by atoms with E-state index in [9.17, 15) is 5.26 Å². The second-order valence-electron chi connectivity index (χ2n) is 11.6. The second kappa shape index (κ2) is 11.5. The predicted molar refractivity (Wildman–Crippen MR) is 188 cm³/mol. The van der Waals surface area contributed by atoms with Gasteiger partial charge in [0.15, 0.2) is 0 Å². The molecule has 0 saturated carbocycles. The number of pyridine rings is 4. The number of aryl methyl sites for hydroxylation is 2. The summed E-state index contributed by atoms with van der Waals surface area (Å²) >= 11 is 0. The van der Waals surface area contributed by atoms with Crippen LogP contribution in [0.5, 0.6) is 0 Å². The Bertz CT molecular complexity index is 2400. The number of fused-ring (bicyclic) bond motifs is 3. The van der Waals surface area contributed by atoms with E-state index in [4.69, 9.17) is 19.9 Å². The van der Waals surface area contributed by atoms with Gasteiger partial charge in [0, 0.05) is 57.8 Å². The Kier molecular flexibility index (Phi) is 6.85. The van der Waals surface area contributed by atoms with E-state index in [1.165, 1.54) is 0 Å². The number of rotatable bonds is 5. The lowest BCUT2D eigenvalue weighted by Crippen LogP contribution is -2.09. The van der Waals surface area contributed by atoms with Crippen LogP contribution in [-0.4, -0.2) is 24.5 Å². The van der Waals surface area contributed by atoms with Crippen molar-refractivity contribution in [3.63, 3.8) is 0 Å². The lowest BCUT2D eigenvalue weighted by molar-refractivity contribution is 1.15. The second-order valence-corrected chi connectivity index (χ2v) is 11.6. The molecule has 0 fully saturated rings. The van der Waals surface area contributed by atoms with Crippen LogP contribution < -0.4 is 0 Å². The van der Waals surface area contributed by atoms with Crippen LogP contribution in [0.2, 0.25) is 0 Å². The average molecular weight is 605 g/mol. The first kappa shape index (κ1) is 28.1. The molecule has 0 N–H and O–H groups in total. The maximum Gasteiger partial charge on any atom is 0.102 e. The number of nitriles is 1. The van der Waals surface area contributed by atoms with E-state index in [-0.39, 0.29) is 0 Å². The molecule has 3 aromatic carbocycles. The van der Waals surface area contributed by atoms with Gasteiger partial charge in [-0.25, -0.2) is 0 Å². The standard InChI is InChI=1S/C41H28N6/c1-26-15-17-35-28(23-26)29-24-27(2)16-18-36(29)47(35)41-30(25-42)37(31-11-3-7-19-43-31)38(32-12-4-8-20-44-32)39(33-13-5-9-21-45-33)40(41)34-14-6-10-22-46-34/h3-24H,1-2H3. The lowest BCUT2D eigenvalue weighted by Gasteiger charge is -2.25. The first-order valence-electron chi connectivity index (χ1n) is 15.5. The fourth-order valence-electron chi connectivity index (χ4n) is 6.62. The van der Waals surface area contributed by atoms with Gasteiger partial charge < -0.3 is 4.57 Å². The van der Waals surface area contributed by atoms with E-state index in [0.29, 0.717) is 22.5 Å². The van der Waals surface area contributed by atoms with Gasteiger partial charge >= 0.3 is 0 Å². The van der Waals surface area contributed by atoms with Crippen LogP contribution in [0.1, 0.15) is 16.7 Å². The molecule has 0 bridgehead atoms. The van der Waals surface area contributed by atoms with Gasteiger partial charge in [-0.15, -0.1) is 0 Å². The number of hydrogen-bond donors (Lipinski definition) is 0. The zero-order valence-corrected chi connectivity index (χ0v) is 25.9. The summed E-state index contributed by atoms with van der Waals surface area (Å²) in [6, 6.07) is 39.1. The van der Waals surface area contributed by atoms with E-state index in [2.05, 4.69) is 60.9 Å². The maximum absolute atomic E-state index is 11.3. The average Bonchev–Trinajstić information content (AvgIpc) is 3.43. The smallest absolute Gasteiger partial charge is 0.102 e. The quantitative estimate of drug-likeness (QED) is 0.195. The van der Waals surface area contributed by atoms with Crippen LogP contribution in [0.15, 0.2) is 134 Å². The van der Waals surface area contributed by atoms with Crippen LogP contribution in [0.4, 0.5) is 0 Å². The van der Waals surface area contributed by atoms with Crippen molar-refractivity contribution in [2.45, 2.75) is 13.8 Å². The van der Waals surface area contributed by atoms with E-state index in [1.54, 1.807) is 24.8 Å². The lowest BCUT2D eigenvalue weighted by atomic mass is 9.83. The van der Waals surface area contributed by atoms with Gasteiger partial charge in [-0.05, 0) is 86.6 Å². The third-order valence-corrected chi connectivity index (χ3v) is 8.57. The Labute approximate surface area is 272 Å². The molecule has 0 radical (unpaired) electrons. The highest BCUT2D eigenvalue weighted by molar-refractivity contribution is 6.13. The Hall–Kier alpha value is -6.45. The molecule has 0 unspecified atom stereocenters. The van der Waals surface area contributed by atoms with Gasteiger partial charge in [-0.2, -0.15) is 5.26 Å². The minimum absolute atomic E-state index is 0.477. The summed E-state index contributed by atoms with van der Waals surface area (Å²) in [6.45, 7) is 4.22. The summed E-state index contributed by atoms with van der Waals surface area (Å²) in [5.74, 6) is 0. The fourth-order valence-corrected chi connectivity index (χ4v) is 6.62. The summed E-state index contributed by atoms with van der Waals surface area (Å²) < 4.78 is 2.23. The third kappa shape index (κ3) is 4.65. The van der Waals surface area contributed by atoms with E-state index < -0.39 is 0 Å². The third-order valence-electron chi connectivity index (χ3n) is 8.57. The van der Waals surface area contributed by atoms with Crippen LogP contribution in [0.3, 0.4) is 0 Å². The number of aromatic nitrogens is 5. The van der Waals surface area contributed by atoms with Crippen molar-refractivity contribution in [3.05, 3.63) is 151 Å². The monoisotopic (exact) mass is 604 g/mol. The molecular weight excluding hydrogens is 576 g/mol.